The van der Waals surface area contributed by atoms with Gasteiger partial charge in [-0.2, -0.15) is 0 Å². The van der Waals surface area contributed by atoms with Crippen LogP contribution in [0.25, 0.3) is 0 Å². The summed E-state index contributed by atoms with van der Waals surface area (Å²) in [5, 5.41) is 19.4. The molecule has 3 aliphatic carbocycles. The SMILES string of the molecule is C/C=C1\C(=O)[C@@H]2C(C)CCC([C@H](C)CCC(=O)O)CCCC2[C@@]2(C)CC[C@@H](O)C[C@@H]12. The van der Waals surface area contributed by atoms with Crippen LogP contribution in [0.2, 0.25) is 0 Å². The van der Waals surface area contributed by atoms with E-state index in [0.29, 0.717) is 29.5 Å². The first-order valence-corrected chi connectivity index (χ1v) is 12.3. The lowest BCUT2D eigenvalue weighted by atomic mass is 9.48. The monoisotopic (exact) mass is 418 g/mol. The molecule has 3 aliphatic rings. The van der Waals surface area contributed by atoms with Gasteiger partial charge in [0.05, 0.1) is 6.10 Å². The van der Waals surface area contributed by atoms with Crippen molar-refractivity contribution in [2.45, 2.75) is 98.0 Å². The van der Waals surface area contributed by atoms with Gasteiger partial charge in [-0.25, -0.2) is 0 Å². The summed E-state index contributed by atoms with van der Waals surface area (Å²) >= 11 is 0. The molecule has 0 aromatic heterocycles. The molecule has 30 heavy (non-hydrogen) atoms. The minimum Gasteiger partial charge on any atom is -0.481 e. The highest BCUT2D eigenvalue weighted by Gasteiger charge is 2.56. The van der Waals surface area contributed by atoms with Gasteiger partial charge in [0.1, 0.15) is 0 Å². The molecular weight excluding hydrogens is 376 g/mol. The Morgan fingerprint density at radius 1 is 1.23 bits per heavy atom. The Hall–Kier alpha value is -1.16. The van der Waals surface area contributed by atoms with Gasteiger partial charge < -0.3 is 10.2 Å². The van der Waals surface area contributed by atoms with E-state index in [4.69, 9.17) is 5.11 Å². The second kappa shape index (κ2) is 9.54. The van der Waals surface area contributed by atoms with Crippen LogP contribution in [0.4, 0.5) is 0 Å². The van der Waals surface area contributed by atoms with Crippen molar-refractivity contribution < 1.29 is 19.8 Å². The van der Waals surface area contributed by atoms with E-state index in [-0.39, 0.29) is 29.8 Å². The maximum absolute atomic E-state index is 13.7. The summed E-state index contributed by atoms with van der Waals surface area (Å²) in [4.78, 5) is 24.7. The Balaban J connectivity index is 1.84. The number of carboxylic acids is 1. The first kappa shape index (κ1) is 23.5. The fourth-order valence-electron chi connectivity index (χ4n) is 7.26. The third-order valence-corrected chi connectivity index (χ3v) is 9.19. The van der Waals surface area contributed by atoms with Crippen LogP contribution in [-0.2, 0) is 9.59 Å². The smallest absolute Gasteiger partial charge is 0.303 e. The summed E-state index contributed by atoms with van der Waals surface area (Å²) in [6, 6.07) is 0. The van der Waals surface area contributed by atoms with Gasteiger partial charge in [-0.15, -0.1) is 0 Å². The van der Waals surface area contributed by atoms with E-state index in [1.807, 2.05) is 13.0 Å². The van der Waals surface area contributed by atoms with E-state index in [1.54, 1.807) is 0 Å². The molecule has 0 bridgehead atoms. The number of rotatable bonds is 4. The van der Waals surface area contributed by atoms with Crippen molar-refractivity contribution in [1.29, 1.82) is 0 Å². The van der Waals surface area contributed by atoms with Crippen LogP contribution in [-0.4, -0.2) is 28.1 Å². The topological polar surface area (TPSA) is 74.6 Å². The van der Waals surface area contributed by atoms with Gasteiger partial charge in [-0.05, 0) is 92.4 Å². The van der Waals surface area contributed by atoms with Crippen LogP contribution in [0.1, 0.15) is 91.9 Å². The lowest BCUT2D eigenvalue weighted by Crippen LogP contribution is -2.54. The van der Waals surface area contributed by atoms with E-state index in [9.17, 15) is 14.7 Å². The zero-order valence-electron chi connectivity index (χ0n) is 19.4. The predicted octanol–water partition coefficient (Wildman–Crippen LogP) is 5.63. The number of carbonyl (C=O) groups excluding carboxylic acids is 1. The predicted molar refractivity (Wildman–Crippen MR) is 119 cm³/mol. The lowest BCUT2D eigenvalue weighted by molar-refractivity contribution is -0.138. The second-order valence-electron chi connectivity index (χ2n) is 10.9. The Kier molecular flexibility index (Phi) is 7.48. The molecule has 3 rings (SSSR count). The highest BCUT2D eigenvalue weighted by atomic mass is 16.4. The summed E-state index contributed by atoms with van der Waals surface area (Å²) in [5.74, 6) is 1.67. The fraction of sp³-hybridized carbons (Fsp3) is 0.846. The van der Waals surface area contributed by atoms with Crippen molar-refractivity contribution in [3.63, 3.8) is 0 Å². The van der Waals surface area contributed by atoms with E-state index in [2.05, 4.69) is 20.8 Å². The van der Waals surface area contributed by atoms with Gasteiger partial charge in [0.25, 0.3) is 0 Å². The lowest BCUT2D eigenvalue weighted by Gasteiger charge is -2.56. The average molecular weight is 419 g/mol. The minimum absolute atomic E-state index is 0.0979. The van der Waals surface area contributed by atoms with Gasteiger partial charge in [0.2, 0.25) is 0 Å². The van der Waals surface area contributed by atoms with Crippen LogP contribution in [0, 0.1) is 40.9 Å². The van der Waals surface area contributed by atoms with Gasteiger partial charge in [-0.3, -0.25) is 9.59 Å². The number of allylic oxidation sites excluding steroid dienone is 2. The van der Waals surface area contributed by atoms with Gasteiger partial charge >= 0.3 is 5.97 Å². The minimum atomic E-state index is -0.702. The molecule has 4 heteroatoms. The number of aliphatic hydroxyl groups excluding tert-OH is 1. The number of fused-ring (bicyclic) bond motifs is 3. The fourth-order valence-corrected chi connectivity index (χ4v) is 7.26. The van der Waals surface area contributed by atoms with Crippen LogP contribution < -0.4 is 0 Å². The highest BCUT2D eigenvalue weighted by molar-refractivity contribution is 5.99. The first-order valence-electron chi connectivity index (χ1n) is 12.3. The number of carboxylic acid groups (broad SMARTS) is 1. The zero-order chi connectivity index (χ0) is 22.1. The molecule has 0 heterocycles. The molecule has 4 nitrogen and oxygen atoms in total. The third-order valence-electron chi connectivity index (χ3n) is 9.19. The van der Waals surface area contributed by atoms with Crippen LogP contribution in [0.15, 0.2) is 11.6 Å². The van der Waals surface area contributed by atoms with Crippen LogP contribution >= 0.6 is 0 Å². The molecule has 0 radical (unpaired) electrons. The Morgan fingerprint density at radius 2 is 1.97 bits per heavy atom. The molecule has 2 N–H and O–H groups in total. The number of hydrogen-bond donors (Lipinski definition) is 2. The molecule has 0 spiro atoms. The number of aliphatic hydroxyl groups is 1. The van der Waals surface area contributed by atoms with E-state index in [1.165, 1.54) is 0 Å². The maximum Gasteiger partial charge on any atom is 0.303 e. The van der Waals surface area contributed by atoms with E-state index >= 15 is 0 Å². The van der Waals surface area contributed by atoms with Gasteiger partial charge in [-0.1, -0.05) is 39.7 Å². The van der Waals surface area contributed by atoms with Crippen LogP contribution in [0.3, 0.4) is 0 Å². The highest BCUT2D eigenvalue weighted by Crippen LogP contribution is 2.59. The number of carbonyl (C=O) groups is 2. The number of aliphatic carboxylic acids is 1. The summed E-state index contributed by atoms with van der Waals surface area (Å²) in [5.41, 5.74) is 1.08. The molecule has 3 fully saturated rings. The molecule has 0 aliphatic heterocycles. The van der Waals surface area contributed by atoms with Gasteiger partial charge in [0, 0.05) is 12.3 Å². The summed E-state index contributed by atoms with van der Waals surface area (Å²) < 4.78 is 0. The summed E-state index contributed by atoms with van der Waals surface area (Å²) in [6.07, 6.45) is 10.9. The standard InChI is InChI=1S/C26H42O4/c1-5-20-22-15-19(27)13-14-26(22,4)21-8-6-7-18(16(2)10-12-23(28)29)11-9-17(3)24(21)25(20)30/h5,16-19,21-22,24,27H,6-15H2,1-4H3,(H,28,29)/b20-5-/t16-,17?,18?,19-,21?,22+,24-,26-/m1/s1. The van der Waals surface area contributed by atoms with Crippen LogP contribution in [0.5, 0.6) is 0 Å². The second-order valence-corrected chi connectivity index (χ2v) is 10.9. The largest absolute Gasteiger partial charge is 0.481 e. The van der Waals surface area contributed by atoms with E-state index < -0.39 is 5.97 Å². The van der Waals surface area contributed by atoms with E-state index in [0.717, 1.165) is 63.4 Å². The molecule has 0 amide bonds. The van der Waals surface area contributed by atoms with Crippen molar-refractivity contribution in [2.75, 3.05) is 0 Å². The zero-order valence-corrected chi connectivity index (χ0v) is 19.4. The Labute approximate surface area is 182 Å². The van der Waals surface area contributed by atoms with Crippen molar-refractivity contribution in [3.8, 4) is 0 Å². The Bertz CT molecular complexity index is 668. The van der Waals surface area contributed by atoms with Crippen molar-refractivity contribution in [3.05, 3.63) is 11.6 Å². The average Bonchev–Trinajstić information content (AvgIpc) is 2.78. The first-order chi connectivity index (χ1) is 14.2. The molecule has 3 saturated carbocycles. The molecule has 0 saturated heterocycles. The quantitative estimate of drug-likeness (QED) is 0.580. The summed E-state index contributed by atoms with van der Waals surface area (Å²) in [6.45, 7) is 8.88. The molecule has 3 unspecified atom stereocenters. The maximum atomic E-state index is 13.7. The van der Waals surface area contributed by atoms with Crippen molar-refractivity contribution >= 4 is 11.8 Å². The number of hydrogen-bond acceptors (Lipinski definition) is 3. The van der Waals surface area contributed by atoms with Crippen molar-refractivity contribution in [2.24, 2.45) is 40.9 Å². The van der Waals surface area contributed by atoms with Crippen molar-refractivity contribution in [1.82, 2.24) is 0 Å². The molecule has 0 aromatic carbocycles. The normalized spacial score (nSPS) is 42.4. The molecule has 0 aromatic rings. The Morgan fingerprint density at radius 3 is 2.63 bits per heavy atom. The number of ketones is 1. The van der Waals surface area contributed by atoms with Gasteiger partial charge in [0.15, 0.2) is 5.78 Å². The summed E-state index contributed by atoms with van der Waals surface area (Å²) in [7, 11) is 0. The molecule has 170 valence electrons. The third kappa shape index (κ3) is 4.54. The molecular formula is C26H42O4. The molecule has 8 atom stereocenters. The number of Topliss-reactive ketones (excluding diaryl/α,β-unsaturated/α-hetero) is 1.